The minimum atomic E-state index is -0.225. The lowest BCUT2D eigenvalue weighted by atomic mass is 9.90. The summed E-state index contributed by atoms with van der Waals surface area (Å²) >= 11 is 5.98. The van der Waals surface area contributed by atoms with Gasteiger partial charge < -0.3 is 0 Å². The molecule has 1 aromatic heterocycles. The molecule has 0 saturated heterocycles. The second kappa shape index (κ2) is 4.43. The molecule has 5 heteroatoms. The monoisotopic (exact) mass is 260 g/mol. The maximum absolute atomic E-state index is 9.10. The van der Waals surface area contributed by atoms with Crippen LogP contribution in [0, 0.1) is 11.3 Å². The molecule has 0 unspecified atom stereocenters. The van der Waals surface area contributed by atoms with E-state index in [0.717, 1.165) is 11.4 Å². The Morgan fingerprint density at radius 2 is 2.06 bits per heavy atom. The van der Waals surface area contributed by atoms with Crippen molar-refractivity contribution in [2.75, 3.05) is 0 Å². The first-order valence-corrected chi connectivity index (χ1v) is 5.93. The van der Waals surface area contributed by atoms with Crippen molar-refractivity contribution >= 4 is 11.6 Å². The smallest absolute Gasteiger partial charge is 0.186 e. The van der Waals surface area contributed by atoms with Gasteiger partial charge in [0, 0.05) is 10.4 Å². The van der Waals surface area contributed by atoms with E-state index in [1.54, 1.807) is 16.8 Å². The normalized spacial score (nSPS) is 11.3. The van der Waals surface area contributed by atoms with E-state index in [1.807, 2.05) is 32.9 Å². The standard InChI is InChI=1S/C13H13ClN4/c1-13(2,3)12-11(8-15)16-17-18(12)10-6-4-5-9(14)7-10/h4-7H,1-3H3. The van der Waals surface area contributed by atoms with Crippen LogP contribution in [0.3, 0.4) is 0 Å². The van der Waals surface area contributed by atoms with E-state index in [4.69, 9.17) is 16.9 Å². The fourth-order valence-corrected chi connectivity index (χ4v) is 2.00. The molecule has 1 heterocycles. The number of benzene rings is 1. The minimum Gasteiger partial charge on any atom is -0.216 e. The third kappa shape index (κ3) is 2.22. The summed E-state index contributed by atoms with van der Waals surface area (Å²) in [7, 11) is 0. The Morgan fingerprint density at radius 3 is 2.61 bits per heavy atom. The summed E-state index contributed by atoms with van der Waals surface area (Å²) < 4.78 is 1.67. The van der Waals surface area contributed by atoms with Crippen LogP contribution in [0.2, 0.25) is 5.02 Å². The van der Waals surface area contributed by atoms with E-state index in [9.17, 15) is 0 Å². The number of rotatable bonds is 1. The molecule has 0 N–H and O–H groups in total. The van der Waals surface area contributed by atoms with Crippen molar-refractivity contribution in [1.29, 1.82) is 5.26 Å². The van der Waals surface area contributed by atoms with Crippen molar-refractivity contribution in [3.05, 3.63) is 40.7 Å². The summed E-state index contributed by atoms with van der Waals surface area (Å²) in [6, 6.07) is 9.40. The number of hydrogen-bond acceptors (Lipinski definition) is 3. The Morgan fingerprint density at radius 1 is 1.33 bits per heavy atom. The van der Waals surface area contributed by atoms with E-state index in [-0.39, 0.29) is 5.41 Å². The highest BCUT2D eigenvalue weighted by molar-refractivity contribution is 6.30. The van der Waals surface area contributed by atoms with Gasteiger partial charge in [0.25, 0.3) is 0 Å². The van der Waals surface area contributed by atoms with Gasteiger partial charge in [-0.3, -0.25) is 0 Å². The van der Waals surface area contributed by atoms with Gasteiger partial charge in [0.15, 0.2) is 5.69 Å². The van der Waals surface area contributed by atoms with Crippen molar-refractivity contribution in [1.82, 2.24) is 15.0 Å². The molecule has 4 nitrogen and oxygen atoms in total. The first kappa shape index (κ1) is 12.6. The van der Waals surface area contributed by atoms with Crippen molar-refractivity contribution in [3.8, 4) is 11.8 Å². The quantitative estimate of drug-likeness (QED) is 0.792. The lowest BCUT2D eigenvalue weighted by Gasteiger charge is -2.19. The summed E-state index contributed by atoms with van der Waals surface area (Å²) in [5.41, 5.74) is 1.72. The van der Waals surface area contributed by atoms with Crippen LogP contribution in [0.5, 0.6) is 0 Å². The highest BCUT2D eigenvalue weighted by atomic mass is 35.5. The molecule has 0 atom stereocenters. The van der Waals surface area contributed by atoms with Gasteiger partial charge in [-0.2, -0.15) is 5.26 Å². The topological polar surface area (TPSA) is 54.5 Å². The Balaban J connectivity index is 2.67. The second-order valence-electron chi connectivity index (χ2n) is 5.04. The maximum Gasteiger partial charge on any atom is 0.186 e. The average molecular weight is 261 g/mol. The Bertz CT molecular complexity index is 617. The van der Waals surface area contributed by atoms with Crippen LogP contribution in [0.25, 0.3) is 5.69 Å². The number of aromatic nitrogens is 3. The van der Waals surface area contributed by atoms with Crippen molar-refractivity contribution in [2.45, 2.75) is 26.2 Å². The Hall–Kier alpha value is -1.86. The zero-order chi connectivity index (χ0) is 13.3. The summed E-state index contributed by atoms with van der Waals surface area (Å²) in [5.74, 6) is 0. The maximum atomic E-state index is 9.10. The molecule has 2 rings (SSSR count). The van der Waals surface area contributed by atoms with Crippen LogP contribution in [-0.2, 0) is 5.41 Å². The zero-order valence-electron chi connectivity index (χ0n) is 10.5. The molecular formula is C13H13ClN4. The first-order chi connectivity index (χ1) is 8.43. The Labute approximate surface area is 111 Å². The third-order valence-corrected chi connectivity index (χ3v) is 2.77. The summed E-state index contributed by atoms with van der Waals surface area (Å²) in [4.78, 5) is 0. The highest BCUT2D eigenvalue weighted by Crippen LogP contribution is 2.27. The van der Waals surface area contributed by atoms with E-state index >= 15 is 0 Å². The highest BCUT2D eigenvalue weighted by Gasteiger charge is 2.26. The van der Waals surface area contributed by atoms with Gasteiger partial charge in [0.1, 0.15) is 6.07 Å². The molecule has 0 aliphatic heterocycles. The van der Waals surface area contributed by atoms with Gasteiger partial charge in [-0.05, 0) is 18.2 Å². The molecule has 1 aromatic carbocycles. The summed E-state index contributed by atoms with van der Waals surface area (Å²) in [5, 5.41) is 17.7. The third-order valence-electron chi connectivity index (χ3n) is 2.54. The number of halogens is 1. The molecule has 92 valence electrons. The molecule has 0 amide bonds. The van der Waals surface area contributed by atoms with Crippen molar-refractivity contribution in [3.63, 3.8) is 0 Å². The molecule has 0 radical (unpaired) electrons. The van der Waals surface area contributed by atoms with E-state index in [2.05, 4.69) is 16.4 Å². The van der Waals surface area contributed by atoms with Crippen molar-refractivity contribution < 1.29 is 0 Å². The second-order valence-corrected chi connectivity index (χ2v) is 5.48. The molecule has 0 aliphatic carbocycles. The first-order valence-electron chi connectivity index (χ1n) is 5.55. The minimum absolute atomic E-state index is 0.225. The predicted octanol–water partition coefficient (Wildman–Crippen LogP) is 3.09. The number of nitrogens with zero attached hydrogens (tertiary/aromatic N) is 4. The van der Waals surface area contributed by atoms with Gasteiger partial charge in [0.05, 0.1) is 11.4 Å². The lowest BCUT2D eigenvalue weighted by Crippen LogP contribution is -2.19. The lowest BCUT2D eigenvalue weighted by molar-refractivity contribution is 0.541. The van der Waals surface area contributed by atoms with Crippen LogP contribution >= 0.6 is 11.6 Å². The van der Waals surface area contributed by atoms with Gasteiger partial charge >= 0.3 is 0 Å². The van der Waals surface area contributed by atoms with Gasteiger partial charge in [-0.15, -0.1) is 5.10 Å². The van der Waals surface area contributed by atoms with Gasteiger partial charge in [-0.25, -0.2) is 4.68 Å². The van der Waals surface area contributed by atoms with Crippen molar-refractivity contribution in [2.24, 2.45) is 0 Å². The van der Waals surface area contributed by atoms with Crippen LogP contribution in [0.1, 0.15) is 32.2 Å². The summed E-state index contributed by atoms with van der Waals surface area (Å²) in [6.07, 6.45) is 0. The van der Waals surface area contributed by atoms with Gasteiger partial charge in [0.2, 0.25) is 0 Å². The molecule has 0 saturated carbocycles. The van der Waals surface area contributed by atoms with Gasteiger partial charge in [-0.1, -0.05) is 43.7 Å². The van der Waals surface area contributed by atoms with Crippen LogP contribution < -0.4 is 0 Å². The molecule has 0 aliphatic rings. The largest absolute Gasteiger partial charge is 0.216 e. The molecule has 18 heavy (non-hydrogen) atoms. The number of nitriles is 1. The molecule has 0 spiro atoms. The van der Waals surface area contributed by atoms with Crippen LogP contribution in [0.15, 0.2) is 24.3 Å². The number of hydrogen-bond donors (Lipinski definition) is 0. The fraction of sp³-hybridized carbons (Fsp3) is 0.308. The fourth-order valence-electron chi connectivity index (χ4n) is 1.82. The zero-order valence-corrected chi connectivity index (χ0v) is 11.2. The summed E-state index contributed by atoms with van der Waals surface area (Å²) in [6.45, 7) is 6.06. The van der Waals surface area contributed by atoms with E-state index in [0.29, 0.717) is 10.7 Å². The SMILES string of the molecule is CC(C)(C)c1c(C#N)nnn1-c1cccc(Cl)c1. The Kier molecular flexibility index (Phi) is 3.10. The molecular weight excluding hydrogens is 248 g/mol. The van der Waals surface area contributed by atoms with E-state index in [1.165, 1.54) is 0 Å². The molecule has 0 bridgehead atoms. The van der Waals surface area contributed by atoms with Crippen LogP contribution in [-0.4, -0.2) is 15.0 Å². The van der Waals surface area contributed by atoms with Crippen LogP contribution in [0.4, 0.5) is 0 Å². The molecule has 2 aromatic rings. The predicted molar refractivity (Wildman–Crippen MR) is 69.8 cm³/mol. The molecule has 0 fully saturated rings. The average Bonchev–Trinajstić information content (AvgIpc) is 2.72. The van der Waals surface area contributed by atoms with E-state index < -0.39 is 0 Å².